The fraction of sp³-hybridized carbons (Fsp3) is 0.357. The van der Waals surface area contributed by atoms with E-state index in [9.17, 15) is 13.2 Å². The summed E-state index contributed by atoms with van der Waals surface area (Å²) in [5.41, 5.74) is 1.00. The molecule has 2 heterocycles. The summed E-state index contributed by atoms with van der Waals surface area (Å²) in [4.78, 5) is 5.08. The molecule has 8 heteroatoms. The monoisotopic (exact) mass is 392 g/mol. The Labute approximate surface area is 137 Å². The molecule has 0 amide bonds. The SMILES string of the molecule is FC(F)(F)c1cnc(N2CCOC(c3ccc(Br)cc3)C2)s1. The van der Waals surface area contributed by atoms with Crippen molar-refractivity contribution in [3.05, 3.63) is 45.4 Å². The van der Waals surface area contributed by atoms with E-state index in [0.29, 0.717) is 36.2 Å². The third-order valence-electron chi connectivity index (χ3n) is 3.35. The highest BCUT2D eigenvalue weighted by Gasteiger charge is 2.34. The molecule has 0 spiro atoms. The Morgan fingerprint density at radius 3 is 2.64 bits per heavy atom. The second-order valence-corrected chi connectivity index (χ2v) is 6.79. The highest BCUT2D eigenvalue weighted by Crippen LogP contribution is 2.37. The van der Waals surface area contributed by atoms with Crippen LogP contribution < -0.4 is 4.90 Å². The number of benzene rings is 1. The number of alkyl halides is 3. The van der Waals surface area contributed by atoms with E-state index in [4.69, 9.17) is 4.74 Å². The summed E-state index contributed by atoms with van der Waals surface area (Å²) in [6, 6.07) is 7.73. The first-order valence-corrected chi connectivity index (χ1v) is 8.19. The van der Waals surface area contributed by atoms with Crippen LogP contribution in [-0.2, 0) is 10.9 Å². The number of hydrogen-bond acceptors (Lipinski definition) is 4. The van der Waals surface area contributed by atoms with Crippen molar-refractivity contribution in [3.63, 3.8) is 0 Å². The highest BCUT2D eigenvalue weighted by molar-refractivity contribution is 9.10. The third kappa shape index (κ3) is 3.44. The van der Waals surface area contributed by atoms with Crippen LogP contribution in [0, 0.1) is 0 Å². The Morgan fingerprint density at radius 2 is 2.00 bits per heavy atom. The molecule has 22 heavy (non-hydrogen) atoms. The Kier molecular flexibility index (Phi) is 4.42. The van der Waals surface area contributed by atoms with Crippen molar-refractivity contribution >= 4 is 32.4 Å². The molecule has 3 rings (SSSR count). The van der Waals surface area contributed by atoms with Gasteiger partial charge in [-0.05, 0) is 17.7 Å². The molecule has 3 nitrogen and oxygen atoms in total. The standard InChI is InChI=1S/C14H12BrF3N2OS/c15-10-3-1-9(2-4-10)11-8-20(5-6-21-11)13-19-7-12(22-13)14(16,17)18/h1-4,7,11H,5-6,8H2. The van der Waals surface area contributed by atoms with Gasteiger partial charge >= 0.3 is 6.18 Å². The van der Waals surface area contributed by atoms with E-state index < -0.39 is 11.1 Å². The van der Waals surface area contributed by atoms with E-state index in [2.05, 4.69) is 20.9 Å². The number of halogens is 4. The van der Waals surface area contributed by atoms with Crippen molar-refractivity contribution in [3.8, 4) is 0 Å². The van der Waals surface area contributed by atoms with Crippen LogP contribution in [-0.4, -0.2) is 24.7 Å². The lowest BCUT2D eigenvalue weighted by atomic mass is 10.1. The van der Waals surface area contributed by atoms with Gasteiger partial charge in [-0.15, -0.1) is 0 Å². The summed E-state index contributed by atoms with van der Waals surface area (Å²) in [6.45, 7) is 1.49. The molecule has 0 saturated carbocycles. The number of aromatic nitrogens is 1. The van der Waals surface area contributed by atoms with Gasteiger partial charge in [-0.1, -0.05) is 39.4 Å². The number of anilines is 1. The van der Waals surface area contributed by atoms with Crippen molar-refractivity contribution in [1.82, 2.24) is 4.98 Å². The Hall–Kier alpha value is -1.12. The molecule has 0 aliphatic carbocycles. The Morgan fingerprint density at radius 1 is 1.27 bits per heavy atom. The fourth-order valence-electron chi connectivity index (χ4n) is 2.24. The van der Waals surface area contributed by atoms with E-state index in [1.807, 2.05) is 29.2 Å². The van der Waals surface area contributed by atoms with Gasteiger partial charge in [0, 0.05) is 11.0 Å². The van der Waals surface area contributed by atoms with Crippen LogP contribution in [0.25, 0.3) is 0 Å². The topological polar surface area (TPSA) is 25.4 Å². The molecule has 0 radical (unpaired) electrons. The van der Waals surface area contributed by atoms with Crippen LogP contribution in [0.4, 0.5) is 18.3 Å². The average Bonchev–Trinajstić information content (AvgIpc) is 2.98. The van der Waals surface area contributed by atoms with Gasteiger partial charge in [-0.3, -0.25) is 0 Å². The lowest BCUT2D eigenvalue weighted by Gasteiger charge is -2.33. The van der Waals surface area contributed by atoms with E-state index in [1.165, 1.54) is 0 Å². The summed E-state index contributed by atoms with van der Waals surface area (Å²) in [5.74, 6) is 0. The zero-order valence-electron chi connectivity index (χ0n) is 11.3. The number of morpholine rings is 1. The average molecular weight is 393 g/mol. The Bertz CT molecular complexity index is 644. The number of rotatable bonds is 2. The van der Waals surface area contributed by atoms with Gasteiger partial charge in [0.2, 0.25) is 0 Å². The smallest absolute Gasteiger partial charge is 0.370 e. The highest BCUT2D eigenvalue weighted by atomic mass is 79.9. The molecule has 1 aromatic heterocycles. The zero-order chi connectivity index (χ0) is 15.7. The summed E-state index contributed by atoms with van der Waals surface area (Å²) in [5, 5.41) is 0.387. The second kappa shape index (κ2) is 6.17. The van der Waals surface area contributed by atoms with E-state index in [0.717, 1.165) is 16.2 Å². The molecule has 1 aromatic carbocycles. The quantitative estimate of drug-likeness (QED) is 0.751. The van der Waals surface area contributed by atoms with Crippen LogP contribution in [0.2, 0.25) is 0 Å². The molecule has 118 valence electrons. The molecule has 0 bridgehead atoms. The molecule has 1 unspecified atom stereocenters. The maximum absolute atomic E-state index is 12.7. The fourth-order valence-corrected chi connectivity index (χ4v) is 3.33. The van der Waals surface area contributed by atoms with Gasteiger partial charge in [-0.2, -0.15) is 13.2 Å². The maximum atomic E-state index is 12.7. The third-order valence-corrected chi connectivity index (χ3v) is 4.98. The molecule has 0 N–H and O–H groups in total. The molecule has 1 aliphatic rings. The molecule has 1 fully saturated rings. The summed E-state index contributed by atoms with van der Waals surface area (Å²) < 4.78 is 44.7. The summed E-state index contributed by atoms with van der Waals surface area (Å²) in [6.07, 6.45) is -3.61. The number of nitrogens with zero attached hydrogens (tertiary/aromatic N) is 2. The predicted octanol–water partition coefficient (Wildman–Crippen LogP) is 4.50. The van der Waals surface area contributed by atoms with Gasteiger partial charge < -0.3 is 9.64 Å². The first-order valence-electron chi connectivity index (χ1n) is 6.58. The summed E-state index contributed by atoms with van der Waals surface area (Å²) in [7, 11) is 0. The van der Waals surface area contributed by atoms with Crippen molar-refractivity contribution in [2.75, 3.05) is 24.6 Å². The Balaban J connectivity index is 1.75. The number of ether oxygens (including phenoxy) is 1. The first kappa shape index (κ1) is 15.8. The van der Waals surface area contributed by atoms with Crippen LogP contribution in [0.15, 0.2) is 34.9 Å². The normalized spacial score (nSPS) is 19.5. The molecule has 1 atom stereocenters. The van der Waals surface area contributed by atoms with Crippen molar-refractivity contribution in [2.24, 2.45) is 0 Å². The minimum Gasteiger partial charge on any atom is -0.370 e. The largest absolute Gasteiger partial charge is 0.427 e. The van der Waals surface area contributed by atoms with Crippen LogP contribution in [0.3, 0.4) is 0 Å². The van der Waals surface area contributed by atoms with E-state index >= 15 is 0 Å². The van der Waals surface area contributed by atoms with Crippen LogP contribution >= 0.6 is 27.3 Å². The van der Waals surface area contributed by atoms with Crippen molar-refractivity contribution in [2.45, 2.75) is 12.3 Å². The minimum absolute atomic E-state index is 0.167. The summed E-state index contributed by atoms with van der Waals surface area (Å²) >= 11 is 4.05. The van der Waals surface area contributed by atoms with Gasteiger partial charge in [0.05, 0.1) is 19.3 Å². The van der Waals surface area contributed by atoms with Crippen LogP contribution in [0.5, 0.6) is 0 Å². The van der Waals surface area contributed by atoms with Crippen molar-refractivity contribution < 1.29 is 17.9 Å². The van der Waals surface area contributed by atoms with Gasteiger partial charge in [0.1, 0.15) is 11.0 Å². The molecule has 1 aliphatic heterocycles. The maximum Gasteiger partial charge on any atom is 0.427 e. The molecule has 2 aromatic rings. The number of thiazole rings is 1. The molecule has 1 saturated heterocycles. The lowest BCUT2D eigenvalue weighted by molar-refractivity contribution is -0.134. The zero-order valence-corrected chi connectivity index (χ0v) is 13.7. The number of hydrogen-bond donors (Lipinski definition) is 0. The molecular weight excluding hydrogens is 381 g/mol. The van der Waals surface area contributed by atoms with E-state index in [-0.39, 0.29) is 6.10 Å². The van der Waals surface area contributed by atoms with Crippen molar-refractivity contribution in [1.29, 1.82) is 0 Å². The van der Waals surface area contributed by atoms with E-state index in [1.54, 1.807) is 0 Å². The van der Waals surface area contributed by atoms with Gasteiger partial charge in [-0.25, -0.2) is 4.98 Å². The van der Waals surface area contributed by atoms with Gasteiger partial charge in [0.15, 0.2) is 5.13 Å². The molecular formula is C14H12BrF3N2OS. The van der Waals surface area contributed by atoms with Crippen LogP contribution in [0.1, 0.15) is 16.5 Å². The van der Waals surface area contributed by atoms with Gasteiger partial charge in [0.25, 0.3) is 0 Å². The second-order valence-electron chi connectivity index (χ2n) is 4.86. The minimum atomic E-state index is -4.34. The predicted molar refractivity (Wildman–Crippen MR) is 82.2 cm³/mol. The lowest BCUT2D eigenvalue weighted by Crippen LogP contribution is -2.38. The first-order chi connectivity index (χ1) is 10.4.